The molecule has 0 atom stereocenters. The zero-order valence-electron chi connectivity index (χ0n) is 8.34. The fourth-order valence-corrected chi connectivity index (χ4v) is 3.14. The quantitative estimate of drug-likeness (QED) is 0.475. The zero-order chi connectivity index (χ0) is 11.5. The number of nitriles is 1. The summed E-state index contributed by atoms with van der Waals surface area (Å²) in [7, 11) is 0. The molecule has 1 aromatic rings. The van der Waals surface area contributed by atoms with Crippen molar-refractivity contribution in [2.45, 2.75) is 11.7 Å². The van der Waals surface area contributed by atoms with Crippen LogP contribution in [0.5, 0.6) is 0 Å². The molecule has 0 aliphatic carbocycles. The van der Waals surface area contributed by atoms with Crippen LogP contribution >= 0.6 is 0 Å². The number of nitrogens with zero attached hydrogens (tertiary/aromatic N) is 2. The molecule has 0 bridgehead atoms. The van der Waals surface area contributed by atoms with Crippen molar-refractivity contribution in [1.29, 1.82) is 5.26 Å². The molecule has 4 nitrogen and oxygen atoms in total. The fraction of sp³-hybridized carbons (Fsp3) is 0.182. The van der Waals surface area contributed by atoms with Crippen LogP contribution in [-0.2, 0) is 0 Å². The van der Waals surface area contributed by atoms with Crippen molar-refractivity contribution in [2.24, 2.45) is 0 Å². The van der Waals surface area contributed by atoms with Crippen molar-refractivity contribution in [3.05, 3.63) is 35.4 Å². The van der Waals surface area contributed by atoms with Crippen molar-refractivity contribution >= 4 is 27.0 Å². The van der Waals surface area contributed by atoms with Crippen LogP contribution in [0.15, 0.2) is 24.3 Å². The Labute approximate surface area is 99.2 Å². The summed E-state index contributed by atoms with van der Waals surface area (Å²) in [6.07, 6.45) is 0.382. The van der Waals surface area contributed by atoms with Crippen LogP contribution in [0.3, 0.4) is 0 Å². The molecule has 0 aromatic heterocycles. The Morgan fingerprint density at radius 3 is 2.25 bits per heavy atom. The van der Waals surface area contributed by atoms with E-state index in [1.165, 1.54) is 3.92 Å². The van der Waals surface area contributed by atoms with E-state index in [4.69, 9.17) is 5.26 Å². The van der Waals surface area contributed by atoms with Crippen molar-refractivity contribution in [3.63, 3.8) is 0 Å². The first kappa shape index (κ1) is 10.9. The van der Waals surface area contributed by atoms with Gasteiger partial charge in [-0.3, -0.25) is 0 Å². The van der Waals surface area contributed by atoms with E-state index in [0.717, 1.165) is 0 Å². The van der Waals surface area contributed by atoms with Gasteiger partial charge in [0.2, 0.25) is 0 Å². The second-order valence-corrected chi connectivity index (χ2v) is 5.36. The number of rotatable bonds is 3. The summed E-state index contributed by atoms with van der Waals surface area (Å²) in [5.41, 5.74) is 0.956. The molecule has 0 radical (unpaired) electrons. The molecule has 0 saturated carbocycles. The molecule has 1 aromatic carbocycles. The van der Waals surface area contributed by atoms with Gasteiger partial charge in [-0.2, -0.15) is 0 Å². The first-order valence-electron chi connectivity index (χ1n) is 4.73. The van der Waals surface area contributed by atoms with E-state index in [-0.39, 0.29) is 27.0 Å². The average Bonchev–Trinajstić information content (AvgIpc) is 2.55. The van der Waals surface area contributed by atoms with Crippen LogP contribution in [-0.4, -0.2) is 30.9 Å². The van der Waals surface area contributed by atoms with E-state index in [1.54, 1.807) is 24.3 Å². The van der Waals surface area contributed by atoms with Crippen LogP contribution < -0.4 is 0 Å². The summed E-state index contributed by atoms with van der Waals surface area (Å²) in [5, 5.41) is 9.01. The van der Waals surface area contributed by atoms with Crippen LogP contribution in [0.25, 0.3) is 0 Å². The molecule has 0 fully saturated rings. The van der Waals surface area contributed by atoms with Gasteiger partial charge < -0.3 is 0 Å². The van der Waals surface area contributed by atoms with Crippen molar-refractivity contribution < 1.29 is 9.59 Å². The molecule has 1 aliphatic heterocycles. The summed E-state index contributed by atoms with van der Waals surface area (Å²) in [6.45, 7) is 0. The Morgan fingerprint density at radius 1 is 1.19 bits per heavy atom. The van der Waals surface area contributed by atoms with Gasteiger partial charge in [0.05, 0.1) is 0 Å². The Balaban J connectivity index is 2.19. The molecule has 2 rings (SSSR count). The topological polar surface area (TPSA) is 61.2 Å². The van der Waals surface area contributed by atoms with Gasteiger partial charge in [-0.25, -0.2) is 0 Å². The molecule has 80 valence electrons. The molecular formula is C11H8N2O2Se. The average molecular weight is 279 g/mol. The maximum absolute atomic E-state index is 11.8. The van der Waals surface area contributed by atoms with Gasteiger partial charge in [-0.15, -0.1) is 0 Å². The monoisotopic (exact) mass is 280 g/mol. The van der Waals surface area contributed by atoms with E-state index in [0.29, 0.717) is 22.9 Å². The Bertz CT molecular complexity index is 458. The van der Waals surface area contributed by atoms with Crippen molar-refractivity contribution in [2.75, 3.05) is 0 Å². The first-order valence-corrected chi connectivity index (χ1v) is 6.71. The van der Waals surface area contributed by atoms with Crippen LogP contribution in [0.4, 0.5) is 0 Å². The molecule has 0 unspecified atom stereocenters. The SMILES string of the molecule is N#CCC[Se]N1C(=O)c2ccccc2C1=O. The molecule has 0 saturated heterocycles. The van der Waals surface area contributed by atoms with Gasteiger partial charge >= 0.3 is 99.0 Å². The summed E-state index contributed by atoms with van der Waals surface area (Å²) in [4.78, 5) is 23.7. The van der Waals surface area contributed by atoms with Gasteiger partial charge in [0.15, 0.2) is 0 Å². The Hall–Kier alpha value is -1.63. The number of fused-ring (bicyclic) bond motifs is 1. The molecule has 0 spiro atoms. The summed E-state index contributed by atoms with van der Waals surface area (Å²) < 4.78 is 1.27. The van der Waals surface area contributed by atoms with E-state index in [1.807, 2.05) is 6.07 Å². The number of carbonyl (C=O) groups excluding carboxylic acids is 2. The summed E-state index contributed by atoms with van der Waals surface area (Å²) in [6, 6.07) is 8.83. The molecule has 2 amide bonds. The third kappa shape index (κ3) is 1.73. The first-order chi connectivity index (χ1) is 7.75. The molecule has 5 heteroatoms. The van der Waals surface area contributed by atoms with Gasteiger partial charge in [0.1, 0.15) is 0 Å². The number of hydrogen-bond donors (Lipinski definition) is 0. The summed E-state index contributed by atoms with van der Waals surface area (Å²) in [5.74, 6) is -0.447. The van der Waals surface area contributed by atoms with Crippen LogP contribution in [0.2, 0.25) is 5.32 Å². The number of hydrogen-bond acceptors (Lipinski definition) is 3. The Morgan fingerprint density at radius 2 is 1.75 bits per heavy atom. The van der Waals surface area contributed by atoms with Crippen LogP contribution in [0.1, 0.15) is 27.1 Å². The van der Waals surface area contributed by atoms with Gasteiger partial charge in [-0.1, -0.05) is 0 Å². The third-order valence-electron chi connectivity index (χ3n) is 2.19. The van der Waals surface area contributed by atoms with Crippen molar-refractivity contribution in [1.82, 2.24) is 3.92 Å². The third-order valence-corrected chi connectivity index (χ3v) is 4.24. The zero-order valence-corrected chi connectivity index (χ0v) is 10.1. The van der Waals surface area contributed by atoms with Gasteiger partial charge in [0, 0.05) is 0 Å². The second-order valence-electron chi connectivity index (χ2n) is 3.19. The maximum atomic E-state index is 11.8. The number of imide groups is 1. The normalized spacial score (nSPS) is 13.8. The second kappa shape index (κ2) is 4.48. The number of amides is 2. The number of carbonyl (C=O) groups is 2. The minimum atomic E-state index is -0.261. The molecule has 1 heterocycles. The van der Waals surface area contributed by atoms with Crippen molar-refractivity contribution in [3.8, 4) is 6.07 Å². The summed E-state index contributed by atoms with van der Waals surface area (Å²) >= 11 is -0.261. The van der Waals surface area contributed by atoms with Crippen LogP contribution in [0, 0.1) is 11.3 Å². The van der Waals surface area contributed by atoms with E-state index in [2.05, 4.69) is 0 Å². The molecular weight excluding hydrogens is 271 g/mol. The van der Waals surface area contributed by atoms with Gasteiger partial charge in [-0.05, 0) is 0 Å². The number of benzene rings is 1. The van der Waals surface area contributed by atoms with Gasteiger partial charge in [0.25, 0.3) is 0 Å². The predicted octanol–water partition coefficient (Wildman–Crippen LogP) is 1.23. The minimum absolute atomic E-state index is 0.224. The Kier molecular flexibility index (Phi) is 3.04. The fourth-order valence-electron chi connectivity index (χ4n) is 1.47. The predicted molar refractivity (Wildman–Crippen MR) is 57.7 cm³/mol. The van der Waals surface area contributed by atoms with E-state index >= 15 is 0 Å². The molecule has 0 N–H and O–H groups in total. The van der Waals surface area contributed by atoms with E-state index in [9.17, 15) is 9.59 Å². The van der Waals surface area contributed by atoms with E-state index < -0.39 is 0 Å². The molecule has 16 heavy (non-hydrogen) atoms. The molecule has 1 aliphatic rings. The standard InChI is InChI=1S/C11H8N2O2Se/c12-6-3-7-16-13-10(14)8-4-1-2-5-9(8)11(13)15/h1-2,4-5H,3,7H2.